The highest BCUT2D eigenvalue weighted by atomic mass is 32.3. The normalized spacial score (nSPS) is 14.5. The van der Waals surface area contributed by atoms with Crippen LogP contribution < -0.4 is 16.3 Å². The predicted molar refractivity (Wildman–Crippen MR) is 172 cm³/mol. The van der Waals surface area contributed by atoms with Gasteiger partial charge in [-0.3, -0.25) is 0 Å². The number of rotatable bonds is 11. The molecular weight excluding hydrogens is 619 g/mol. The fourth-order valence-electron chi connectivity index (χ4n) is 3.27. The van der Waals surface area contributed by atoms with Gasteiger partial charge in [0.15, 0.2) is 0 Å². The average molecular weight is 640 g/mol. The first kappa shape index (κ1) is 27.2. The number of allylic oxidation sites excluding steroid dienone is 2. The van der Waals surface area contributed by atoms with E-state index in [0.29, 0.717) is 0 Å². The number of hydrogen-bond acceptors (Lipinski definition) is 12. The van der Waals surface area contributed by atoms with E-state index in [2.05, 4.69) is 31.8 Å². The summed E-state index contributed by atoms with van der Waals surface area (Å²) in [6.45, 7) is 3.84. The molecule has 0 radical (unpaired) electrons. The van der Waals surface area contributed by atoms with E-state index in [4.69, 9.17) is 0 Å². The molecule has 0 fully saturated rings. The molecular formula is C23H21N5OS8. The van der Waals surface area contributed by atoms with E-state index in [1.807, 2.05) is 68.8 Å². The van der Waals surface area contributed by atoms with E-state index < -0.39 is 0 Å². The van der Waals surface area contributed by atoms with Gasteiger partial charge in [-0.05, 0) is 71.1 Å². The lowest BCUT2D eigenvalue weighted by molar-refractivity contribution is 0.886. The summed E-state index contributed by atoms with van der Waals surface area (Å²) in [5.41, 5.74) is -0.0622. The highest BCUT2D eigenvalue weighted by Gasteiger charge is 2.31. The van der Waals surface area contributed by atoms with Gasteiger partial charge in [-0.2, -0.15) is 0 Å². The lowest BCUT2D eigenvalue weighted by Gasteiger charge is -2.14. The number of aromatic nitrogens is 2. The zero-order valence-electron chi connectivity index (χ0n) is 19.6. The van der Waals surface area contributed by atoms with E-state index in [9.17, 15) is 4.79 Å². The van der Waals surface area contributed by atoms with Gasteiger partial charge in [-0.25, -0.2) is 13.9 Å². The molecule has 0 saturated carbocycles. The molecule has 0 bridgehead atoms. The third kappa shape index (κ3) is 5.97. The molecule has 0 aromatic carbocycles. The van der Waals surface area contributed by atoms with Crippen LogP contribution in [0, 0.1) is 0 Å². The van der Waals surface area contributed by atoms with Crippen LogP contribution in [0.3, 0.4) is 0 Å². The van der Waals surface area contributed by atoms with Crippen LogP contribution in [0.5, 0.6) is 0 Å². The third-order valence-corrected chi connectivity index (χ3v) is 12.3. The quantitative estimate of drug-likeness (QED) is 0.0958. The van der Waals surface area contributed by atoms with Crippen LogP contribution >= 0.6 is 93.4 Å². The highest BCUT2D eigenvalue weighted by Crippen LogP contribution is 2.52. The third-order valence-electron chi connectivity index (χ3n) is 4.80. The topological polar surface area (TPSA) is 54.2 Å². The summed E-state index contributed by atoms with van der Waals surface area (Å²) in [6, 6.07) is 12.0. The average Bonchev–Trinajstić information content (AvgIpc) is 3.72. The van der Waals surface area contributed by atoms with Crippen molar-refractivity contribution in [2.75, 3.05) is 17.8 Å². The van der Waals surface area contributed by atoms with Crippen molar-refractivity contribution in [2.24, 2.45) is 0 Å². The van der Waals surface area contributed by atoms with E-state index >= 15 is 0 Å². The Morgan fingerprint density at radius 3 is 2.14 bits per heavy atom. The molecule has 192 valence electrons. The molecule has 2 N–H and O–H groups in total. The van der Waals surface area contributed by atoms with Gasteiger partial charge < -0.3 is 10.6 Å². The van der Waals surface area contributed by atoms with Crippen molar-refractivity contribution >= 4 is 98.4 Å². The van der Waals surface area contributed by atoms with E-state index in [1.54, 1.807) is 99.5 Å². The zero-order chi connectivity index (χ0) is 25.8. The summed E-state index contributed by atoms with van der Waals surface area (Å²) in [5.74, 6) is 0. The Morgan fingerprint density at radius 2 is 1.57 bits per heavy atom. The Morgan fingerprint density at radius 1 is 0.919 bits per heavy atom. The van der Waals surface area contributed by atoms with E-state index in [0.717, 1.165) is 40.1 Å². The molecule has 0 atom stereocenters. The first-order valence-corrected chi connectivity index (χ1v) is 18.1. The predicted octanol–water partition coefficient (Wildman–Crippen LogP) is 8.37. The molecule has 0 unspecified atom stereocenters. The molecule has 4 aromatic rings. The number of thioether (sulfide) groups is 2. The SMILES string of the molecule is C=C/C=C(/NC1=C(Nc2cccs2)SN(Sc2c(SC)n(-c3cccs3)c(=O)n2-c2cccs2)S1)SC. The molecule has 0 aliphatic carbocycles. The Kier molecular flexibility index (Phi) is 9.31. The minimum Gasteiger partial charge on any atom is -0.342 e. The van der Waals surface area contributed by atoms with Crippen molar-refractivity contribution in [2.45, 2.75) is 10.1 Å². The van der Waals surface area contributed by atoms with Gasteiger partial charge in [0.25, 0.3) is 0 Å². The van der Waals surface area contributed by atoms with Crippen molar-refractivity contribution in [3.05, 3.63) is 96.8 Å². The van der Waals surface area contributed by atoms with Gasteiger partial charge in [0.1, 0.15) is 30.1 Å². The van der Waals surface area contributed by atoms with Crippen LogP contribution in [0.4, 0.5) is 5.00 Å². The summed E-state index contributed by atoms with van der Waals surface area (Å²) >= 11 is 12.7. The van der Waals surface area contributed by atoms with Crippen LogP contribution in [0.1, 0.15) is 0 Å². The van der Waals surface area contributed by atoms with Crippen molar-refractivity contribution in [3.8, 4) is 10.0 Å². The molecule has 5 rings (SSSR count). The lowest BCUT2D eigenvalue weighted by Crippen LogP contribution is -2.21. The largest absolute Gasteiger partial charge is 0.342 e. The molecule has 14 heteroatoms. The number of nitrogens with one attached hydrogen (secondary N) is 2. The fourth-order valence-corrected chi connectivity index (χ4v) is 10.4. The van der Waals surface area contributed by atoms with Gasteiger partial charge in [0.2, 0.25) is 0 Å². The van der Waals surface area contributed by atoms with Gasteiger partial charge in [-0.1, -0.05) is 12.7 Å². The maximum atomic E-state index is 13.8. The lowest BCUT2D eigenvalue weighted by atomic mass is 10.6. The Bertz CT molecular complexity index is 1470. The summed E-state index contributed by atoms with van der Waals surface area (Å²) < 4.78 is 5.77. The van der Waals surface area contributed by atoms with Crippen LogP contribution in [0.25, 0.3) is 10.0 Å². The second-order valence-corrected chi connectivity index (χ2v) is 15.0. The maximum Gasteiger partial charge on any atom is 0.340 e. The van der Waals surface area contributed by atoms with Gasteiger partial charge >= 0.3 is 5.69 Å². The van der Waals surface area contributed by atoms with E-state index in [1.165, 1.54) is 0 Å². The molecule has 5 heterocycles. The Hall–Kier alpha value is -1.36. The first-order chi connectivity index (χ1) is 18.1. The molecule has 1 aliphatic rings. The number of anilines is 1. The standard InChI is InChI=1S/C23H21N5OS8/c1-4-8-15(30-2)24-19-20(25-16-9-5-12-32-16)36-28(35-19)37-22-21(31-3)26(17-10-6-13-33-17)23(29)27(22)18-11-7-14-34-18/h4-14,24-25H,1H2,2-3H3/b15-8-. The number of hydrogen-bond donors (Lipinski definition) is 2. The second-order valence-electron chi connectivity index (χ2n) is 7.02. The summed E-state index contributed by atoms with van der Waals surface area (Å²) in [7, 11) is 0. The second kappa shape index (κ2) is 12.7. The van der Waals surface area contributed by atoms with Crippen LogP contribution in [0.2, 0.25) is 0 Å². The van der Waals surface area contributed by atoms with E-state index in [-0.39, 0.29) is 5.69 Å². The Labute approximate surface area is 248 Å². The van der Waals surface area contributed by atoms with Gasteiger partial charge in [0.05, 0.1) is 10.0 Å². The molecule has 1 aliphatic heterocycles. The van der Waals surface area contributed by atoms with Crippen molar-refractivity contribution in [3.63, 3.8) is 0 Å². The minimum absolute atomic E-state index is 0.0622. The van der Waals surface area contributed by atoms with Crippen LogP contribution in [-0.4, -0.2) is 24.8 Å². The summed E-state index contributed by atoms with van der Waals surface area (Å²) in [4.78, 5) is 13.8. The fraction of sp³-hybridized carbons (Fsp3) is 0.0870. The van der Waals surface area contributed by atoms with Crippen LogP contribution in [-0.2, 0) is 0 Å². The smallest absolute Gasteiger partial charge is 0.340 e. The van der Waals surface area contributed by atoms with Crippen molar-refractivity contribution in [1.29, 1.82) is 0 Å². The minimum atomic E-state index is -0.0622. The van der Waals surface area contributed by atoms with Crippen molar-refractivity contribution in [1.82, 2.24) is 17.6 Å². The molecule has 6 nitrogen and oxygen atoms in total. The molecule has 4 aromatic heterocycles. The zero-order valence-corrected chi connectivity index (χ0v) is 26.1. The number of imidazole rings is 1. The maximum absolute atomic E-state index is 13.8. The molecule has 0 amide bonds. The number of nitrogens with zero attached hydrogens (tertiary/aromatic N) is 3. The monoisotopic (exact) mass is 639 g/mol. The van der Waals surface area contributed by atoms with Crippen molar-refractivity contribution < 1.29 is 0 Å². The molecule has 0 spiro atoms. The highest BCUT2D eigenvalue weighted by molar-refractivity contribution is 8.30. The summed E-state index contributed by atoms with van der Waals surface area (Å²) in [6.07, 6.45) is 7.80. The summed E-state index contributed by atoms with van der Waals surface area (Å²) in [5, 5.41) is 20.8. The van der Waals surface area contributed by atoms with Crippen LogP contribution in [0.15, 0.2) is 101 Å². The van der Waals surface area contributed by atoms with Gasteiger partial charge in [-0.15, -0.1) is 60.6 Å². The first-order valence-electron chi connectivity index (χ1n) is 10.6. The molecule has 37 heavy (non-hydrogen) atoms. The number of thiophene rings is 3. The Balaban J connectivity index is 1.51. The van der Waals surface area contributed by atoms with Gasteiger partial charge in [0, 0.05) is 35.8 Å². The molecule has 0 saturated heterocycles.